The van der Waals surface area contributed by atoms with Crippen LogP contribution in [0.1, 0.15) is 13.3 Å². The fourth-order valence-electron chi connectivity index (χ4n) is 1.60. The summed E-state index contributed by atoms with van der Waals surface area (Å²) >= 11 is 0. The van der Waals surface area contributed by atoms with Gasteiger partial charge in [0.2, 0.25) is 0 Å². The Bertz CT molecular complexity index is 277. The molecule has 0 aromatic heterocycles. The van der Waals surface area contributed by atoms with E-state index in [1.807, 2.05) is 30.3 Å². The van der Waals surface area contributed by atoms with Gasteiger partial charge in [0.1, 0.15) is 5.75 Å². The van der Waals surface area contributed by atoms with E-state index in [9.17, 15) is 0 Å². The molecule has 3 heteroatoms. The van der Waals surface area contributed by atoms with Gasteiger partial charge in [-0.25, -0.2) is 0 Å². The lowest BCUT2D eigenvalue weighted by Crippen LogP contribution is -2.30. The molecule has 1 aromatic carbocycles. The van der Waals surface area contributed by atoms with E-state index in [0.717, 1.165) is 45.0 Å². The Morgan fingerprint density at radius 3 is 2.65 bits per heavy atom. The number of nitrogens with one attached hydrogen (secondary N) is 1. The minimum atomic E-state index is 0.787. The van der Waals surface area contributed by atoms with Gasteiger partial charge in [-0.05, 0) is 32.1 Å². The molecule has 0 aliphatic carbocycles. The van der Waals surface area contributed by atoms with Gasteiger partial charge in [0.15, 0.2) is 0 Å². The Kier molecular flexibility index (Phi) is 7.43. The summed E-state index contributed by atoms with van der Waals surface area (Å²) < 4.78 is 5.64. The highest BCUT2D eigenvalue weighted by Crippen LogP contribution is 2.08. The van der Waals surface area contributed by atoms with E-state index in [-0.39, 0.29) is 0 Å². The predicted octanol–water partition coefficient (Wildman–Crippen LogP) is 2.00. The van der Waals surface area contributed by atoms with E-state index in [0.29, 0.717) is 0 Å². The van der Waals surface area contributed by atoms with Crippen LogP contribution >= 0.6 is 0 Å². The average molecular weight is 236 g/mol. The summed E-state index contributed by atoms with van der Waals surface area (Å²) in [5.41, 5.74) is 0. The maximum absolute atomic E-state index is 5.64. The van der Waals surface area contributed by atoms with Crippen molar-refractivity contribution in [2.45, 2.75) is 13.3 Å². The van der Waals surface area contributed by atoms with Gasteiger partial charge in [-0.2, -0.15) is 0 Å². The van der Waals surface area contributed by atoms with Crippen LogP contribution in [0.2, 0.25) is 0 Å². The third-order valence-electron chi connectivity index (χ3n) is 2.62. The molecule has 17 heavy (non-hydrogen) atoms. The van der Waals surface area contributed by atoms with Gasteiger partial charge in [-0.1, -0.05) is 25.1 Å². The van der Waals surface area contributed by atoms with E-state index in [2.05, 4.69) is 24.2 Å². The second-order valence-electron chi connectivity index (χ2n) is 4.17. The smallest absolute Gasteiger partial charge is 0.119 e. The molecule has 0 radical (unpaired) electrons. The fraction of sp³-hybridized carbons (Fsp3) is 0.571. The largest absolute Gasteiger partial charge is 0.494 e. The summed E-state index contributed by atoms with van der Waals surface area (Å²) in [6.45, 7) is 7.21. The zero-order chi connectivity index (χ0) is 12.3. The molecule has 1 rings (SSSR count). The van der Waals surface area contributed by atoms with E-state index in [1.165, 1.54) is 0 Å². The monoisotopic (exact) mass is 236 g/mol. The third kappa shape index (κ3) is 6.97. The Hall–Kier alpha value is -1.06. The van der Waals surface area contributed by atoms with Gasteiger partial charge in [-0.3, -0.25) is 0 Å². The average Bonchev–Trinajstić information content (AvgIpc) is 2.36. The molecule has 1 aromatic rings. The molecule has 0 aliphatic rings. The highest BCUT2D eigenvalue weighted by atomic mass is 16.5. The SMILES string of the molecule is CCNCCN(C)CCCOc1ccccc1. The van der Waals surface area contributed by atoms with Crippen LogP contribution in [0.25, 0.3) is 0 Å². The minimum Gasteiger partial charge on any atom is -0.494 e. The molecule has 0 aliphatic heterocycles. The topological polar surface area (TPSA) is 24.5 Å². The van der Waals surface area contributed by atoms with Gasteiger partial charge < -0.3 is 15.0 Å². The van der Waals surface area contributed by atoms with Crippen LogP contribution in [0.15, 0.2) is 30.3 Å². The van der Waals surface area contributed by atoms with Crippen LogP contribution < -0.4 is 10.1 Å². The van der Waals surface area contributed by atoms with E-state index < -0.39 is 0 Å². The molecular formula is C14H24N2O. The third-order valence-corrected chi connectivity index (χ3v) is 2.62. The second kappa shape index (κ2) is 9.02. The predicted molar refractivity (Wildman–Crippen MR) is 72.6 cm³/mol. The van der Waals surface area contributed by atoms with Crippen LogP contribution in [-0.4, -0.2) is 44.7 Å². The van der Waals surface area contributed by atoms with Crippen molar-refractivity contribution in [3.63, 3.8) is 0 Å². The molecule has 0 fully saturated rings. The maximum atomic E-state index is 5.64. The number of nitrogens with zero attached hydrogens (tertiary/aromatic N) is 1. The fourth-order valence-corrected chi connectivity index (χ4v) is 1.60. The van der Waals surface area contributed by atoms with Crippen molar-refractivity contribution in [2.24, 2.45) is 0 Å². The molecule has 1 N–H and O–H groups in total. The standard InChI is InChI=1S/C14H24N2O/c1-3-15-10-12-16(2)11-7-13-17-14-8-5-4-6-9-14/h4-6,8-9,15H,3,7,10-13H2,1-2H3. The molecule has 0 bridgehead atoms. The second-order valence-corrected chi connectivity index (χ2v) is 4.17. The molecular weight excluding hydrogens is 212 g/mol. The number of para-hydroxylation sites is 1. The van der Waals surface area contributed by atoms with Crippen molar-refractivity contribution in [2.75, 3.05) is 39.8 Å². The highest BCUT2D eigenvalue weighted by Gasteiger charge is 1.98. The maximum Gasteiger partial charge on any atom is 0.119 e. The number of likely N-dealkylation sites (N-methyl/N-ethyl adjacent to an activating group) is 2. The highest BCUT2D eigenvalue weighted by molar-refractivity contribution is 5.20. The Labute approximate surface area is 105 Å². The van der Waals surface area contributed by atoms with Crippen molar-refractivity contribution in [3.05, 3.63) is 30.3 Å². The van der Waals surface area contributed by atoms with Crippen molar-refractivity contribution in [3.8, 4) is 5.75 Å². The quantitative estimate of drug-likeness (QED) is 0.664. The lowest BCUT2D eigenvalue weighted by atomic mass is 10.3. The molecule has 0 saturated heterocycles. The molecule has 0 spiro atoms. The van der Waals surface area contributed by atoms with Crippen molar-refractivity contribution in [1.29, 1.82) is 0 Å². The van der Waals surface area contributed by atoms with Crippen LogP contribution in [0.3, 0.4) is 0 Å². The van der Waals surface area contributed by atoms with Gasteiger partial charge in [0.25, 0.3) is 0 Å². The van der Waals surface area contributed by atoms with Crippen LogP contribution in [0.5, 0.6) is 5.75 Å². The molecule has 0 amide bonds. The van der Waals surface area contributed by atoms with E-state index in [4.69, 9.17) is 4.74 Å². The Balaban J connectivity index is 2.00. The van der Waals surface area contributed by atoms with E-state index >= 15 is 0 Å². The first kappa shape index (κ1) is 14.0. The van der Waals surface area contributed by atoms with Gasteiger partial charge in [-0.15, -0.1) is 0 Å². The number of benzene rings is 1. The Morgan fingerprint density at radius 1 is 1.18 bits per heavy atom. The lowest BCUT2D eigenvalue weighted by molar-refractivity contribution is 0.263. The molecule has 0 heterocycles. The molecule has 0 atom stereocenters. The van der Waals surface area contributed by atoms with Gasteiger partial charge >= 0.3 is 0 Å². The van der Waals surface area contributed by atoms with Gasteiger partial charge in [0.05, 0.1) is 6.61 Å². The Morgan fingerprint density at radius 2 is 1.94 bits per heavy atom. The normalized spacial score (nSPS) is 10.8. The first-order chi connectivity index (χ1) is 8.33. The summed E-state index contributed by atoms with van der Waals surface area (Å²) in [6.07, 6.45) is 1.07. The summed E-state index contributed by atoms with van der Waals surface area (Å²) in [4.78, 5) is 2.33. The number of ether oxygens (including phenoxy) is 1. The van der Waals surface area contributed by atoms with Crippen LogP contribution in [0.4, 0.5) is 0 Å². The van der Waals surface area contributed by atoms with Gasteiger partial charge in [0, 0.05) is 19.6 Å². The number of rotatable bonds is 9. The summed E-state index contributed by atoms with van der Waals surface area (Å²) in [5, 5.41) is 3.32. The zero-order valence-electron chi connectivity index (χ0n) is 11.0. The molecule has 0 saturated carbocycles. The lowest BCUT2D eigenvalue weighted by Gasteiger charge is -2.16. The minimum absolute atomic E-state index is 0.787. The zero-order valence-corrected chi connectivity index (χ0v) is 11.0. The van der Waals surface area contributed by atoms with Crippen LogP contribution in [0, 0.1) is 0 Å². The first-order valence-corrected chi connectivity index (χ1v) is 6.40. The molecule has 0 unspecified atom stereocenters. The molecule has 3 nitrogen and oxygen atoms in total. The summed E-state index contributed by atoms with van der Waals surface area (Å²) in [5.74, 6) is 0.961. The number of hydrogen-bond donors (Lipinski definition) is 1. The molecule has 96 valence electrons. The summed E-state index contributed by atoms with van der Waals surface area (Å²) in [6, 6.07) is 9.99. The first-order valence-electron chi connectivity index (χ1n) is 6.40. The van der Waals surface area contributed by atoms with Crippen molar-refractivity contribution in [1.82, 2.24) is 10.2 Å². The van der Waals surface area contributed by atoms with Crippen molar-refractivity contribution >= 4 is 0 Å². The van der Waals surface area contributed by atoms with Crippen molar-refractivity contribution < 1.29 is 4.74 Å². The van der Waals surface area contributed by atoms with Crippen LogP contribution in [-0.2, 0) is 0 Å². The van der Waals surface area contributed by atoms with E-state index in [1.54, 1.807) is 0 Å². The summed E-state index contributed by atoms with van der Waals surface area (Å²) in [7, 11) is 2.15. The number of hydrogen-bond acceptors (Lipinski definition) is 3.